The number of carbonyl (C=O) groups is 1. The van der Waals surface area contributed by atoms with Crippen LogP contribution in [0.3, 0.4) is 0 Å². The summed E-state index contributed by atoms with van der Waals surface area (Å²) in [5, 5.41) is 4.01. The molecular weight excluding hydrogens is 382 g/mol. The van der Waals surface area contributed by atoms with Crippen LogP contribution in [0.25, 0.3) is 0 Å². The molecule has 1 aliphatic heterocycles. The van der Waals surface area contributed by atoms with Gasteiger partial charge in [0.1, 0.15) is 5.03 Å². The molecule has 1 saturated carbocycles. The van der Waals surface area contributed by atoms with Crippen molar-refractivity contribution >= 4 is 17.7 Å². The predicted octanol–water partition coefficient (Wildman–Crippen LogP) is 4.00. The second-order valence-electron chi connectivity index (χ2n) is 7.84. The molecule has 0 atom stereocenters. The fourth-order valence-electron chi connectivity index (χ4n) is 4.44. The third-order valence-corrected chi connectivity index (χ3v) is 7.04. The second-order valence-corrected chi connectivity index (χ2v) is 8.90. The van der Waals surface area contributed by atoms with Crippen molar-refractivity contribution in [3.8, 4) is 0 Å². The normalized spacial score (nSPS) is 19.6. The number of ether oxygens (including phenoxy) is 1. The van der Waals surface area contributed by atoms with Gasteiger partial charge in [0.2, 0.25) is 0 Å². The van der Waals surface area contributed by atoms with Gasteiger partial charge in [-0.2, -0.15) is 0 Å². The van der Waals surface area contributed by atoms with Crippen molar-refractivity contribution in [3.05, 3.63) is 54.2 Å². The van der Waals surface area contributed by atoms with Crippen LogP contribution in [0.4, 0.5) is 0 Å². The molecule has 2 fully saturated rings. The molecule has 2 aliphatic rings. The number of benzene rings is 1. The van der Waals surface area contributed by atoms with E-state index in [1.165, 1.54) is 31.0 Å². The predicted molar refractivity (Wildman–Crippen MR) is 115 cm³/mol. The van der Waals surface area contributed by atoms with E-state index in [1.54, 1.807) is 6.20 Å². The minimum absolute atomic E-state index is 0.0326. The van der Waals surface area contributed by atoms with E-state index >= 15 is 0 Å². The zero-order chi connectivity index (χ0) is 19.9. The van der Waals surface area contributed by atoms with E-state index in [-0.39, 0.29) is 11.4 Å². The standard InChI is InChI=1S/C23H29N3O2S/c27-21(20-10-7-13-24-22(20)29-19-8-3-1-4-9-19)25-18-23(11-5-2-6-12-23)26-14-16-28-17-15-26/h1,3-4,7-10,13H,2,5-6,11-12,14-18H2,(H,25,27). The SMILES string of the molecule is O=C(NCC1(N2CCOCC2)CCCCC1)c1cccnc1Sc1ccccc1. The third kappa shape index (κ3) is 5.00. The van der Waals surface area contributed by atoms with Gasteiger partial charge in [-0.15, -0.1) is 0 Å². The van der Waals surface area contributed by atoms with Gasteiger partial charge in [0.05, 0.1) is 18.8 Å². The molecule has 1 N–H and O–H groups in total. The van der Waals surface area contributed by atoms with Gasteiger partial charge in [-0.05, 0) is 37.1 Å². The van der Waals surface area contributed by atoms with Crippen LogP contribution in [0, 0.1) is 0 Å². The van der Waals surface area contributed by atoms with E-state index < -0.39 is 0 Å². The van der Waals surface area contributed by atoms with E-state index in [9.17, 15) is 4.79 Å². The maximum atomic E-state index is 13.1. The van der Waals surface area contributed by atoms with Gasteiger partial charge < -0.3 is 10.1 Å². The lowest BCUT2D eigenvalue weighted by Crippen LogP contribution is -2.59. The Morgan fingerprint density at radius 1 is 1.07 bits per heavy atom. The fraction of sp³-hybridized carbons (Fsp3) is 0.478. The van der Waals surface area contributed by atoms with E-state index in [4.69, 9.17) is 4.74 Å². The summed E-state index contributed by atoms with van der Waals surface area (Å²) >= 11 is 1.53. The summed E-state index contributed by atoms with van der Waals surface area (Å²) in [6, 6.07) is 13.8. The first-order valence-electron chi connectivity index (χ1n) is 10.6. The maximum Gasteiger partial charge on any atom is 0.254 e. The van der Waals surface area contributed by atoms with Crippen LogP contribution in [0.2, 0.25) is 0 Å². The lowest BCUT2D eigenvalue weighted by atomic mass is 9.79. The van der Waals surface area contributed by atoms with Gasteiger partial charge in [-0.25, -0.2) is 4.98 Å². The van der Waals surface area contributed by atoms with Gasteiger partial charge in [0, 0.05) is 36.3 Å². The Morgan fingerprint density at radius 2 is 1.83 bits per heavy atom. The van der Waals surface area contributed by atoms with Crippen molar-refractivity contribution in [2.75, 3.05) is 32.8 Å². The highest BCUT2D eigenvalue weighted by Crippen LogP contribution is 2.34. The maximum absolute atomic E-state index is 13.1. The molecule has 29 heavy (non-hydrogen) atoms. The number of morpholine rings is 1. The topological polar surface area (TPSA) is 54.5 Å². The van der Waals surface area contributed by atoms with Crippen LogP contribution in [-0.2, 0) is 4.74 Å². The average molecular weight is 412 g/mol. The molecule has 2 aromatic rings. The first-order valence-corrected chi connectivity index (χ1v) is 11.4. The molecule has 0 unspecified atom stereocenters. The molecule has 1 saturated heterocycles. The highest BCUT2D eigenvalue weighted by Gasteiger charge is 2.39. The molecule has 5 nitrogen and oxygen atoms in total. The van der Waals surface area contributed by atoms with Crippen molar-refractivity contribution in [2.45, 2.75) is 47.6 Å². The lowest BCUT2D eigenvalue weighted by Gasteiger charge is -2.48. The van der Waals surface area contributed by atoms with Crippen molar-refractivity contribution in [3.63, 3.8) is 0 Å². The van der Waals surface area contributed by atoms with Crippen LogP contribution in [0.1, 0.15) is 42.5 Å². The van der Waals surface area contributed by atoms with Crippen molar-refractivity contribution < 1.29 is 9.53 Å². The van der Waals surface area contributed by atoms with Gasteiger partial charge >= 0.3 is 0 Å². The Bertz CT molecular complexity index is 803. The molecule has 1 aliphatic carbocycles. The Morgan fingerprint density at radius 3 is 2.59 bits per heavy atom. The van der Waals surface area contributed by atoms with Gasteiger partial charge in [0.15, 0.2) is 0 Å². The monoisotopic (exact) mass is 411 g/mol. The molecule has 1 aromatic heterocycles. The first-order chi connectivity index (χ1) is 14.3. The summed E-state index contributed by atoms with van der Waals surface area (Å²) in [5.41, 5.74) is 0.710. The quantitative estimate of drug-likeness (QED) is 0.779. The van der Waals surface area contributed by atoms with Crippen LogP contribution in [0.5, 0.6) is 0 Å². The van der Waals surface area contributed by atoms with Crippen molar-refractivity contribution in [1.82, 2.24) is 15.2 Å². The van der Waals surface area contributed by atoms with Crippen molar-refractivity contribution in [2.24, 2.45) is 0 Å². The Kier molecular flexibility index (Phi) is 6.85. The van der Waals surface area contributed by atoms with E-state index in [0.717, 1.165) is 49.1 Å². The zero-order valence-corrected chi connectivity index (χ0v) is 17.6. The third-order valence-electron chi connectivity index (χ3n) is 6.02. The number of carbonyl (C=O) groups excluding carboxylic acids is 1. The number of nitrogens with zero attached hydrogens (tertiary/aromatic N) is 2. The smallest absolute Gasteiger partial charge is 0.254 e. The highest BCUT2D eigenvalue weighted by atomic mass is 32.2. The largest absolute Gasteiger partial charge is 0.379 e. The Balaban J connectivity index is 1.47. The summed E-state index contributed by atoms with van der Waals surface area (Å²) in [6.07, 6.45) is 7.79. The minimum Gasteiger partial charge on any atom is -0.379 e. The van der Waals surface area contributed by atoms with Gasteiger partial charge in [0.25, 0.3) is 5.91 Å². The second kappa shape index (κ2) is 9.74. The molecule has 1 aromatic carbocycles. The number of nitrogens with one attached hydrogen (secondary N) is 1. The minimum atomic E-state index is -0.0326. The molecule has 4 rings (SSSR count). The number of pyridine rings is 1. The van der Waals surface area contributed by atoms with Gasteiger partial charge in [-0.3, -0.25) is 9.69 Å². The molecule has 1 amide bonds. The molecular formula is C23H29N3O2S. The summed E-state index contributed by atoms with van der Waals surface area (Å²) in [4.78, 5) is 21.2. The van der Waals surface area contributed by atoms with E-state index in [0.29, 0.717) is 12.1 Å². The van der Waals surface area contributed by atoms with E-state index in [2.05, 4.69) is 15.2 Å². The van der Waals surface area contributed by atoms with Crippen LogP contribution in [-0.4, -0.2) is 54.2 Å². The van der Waals surface area contributed by atoms with Crippen LogP contribution < -0.4 is 5.32 Å². The molecule has 0 bridgehead atoms. The summed E-state index contributed by atoms with van der Waals surface area (Å²) in [5.74, 6) is -0.0326. The molecule has 2 heterocycles. The first kappa shape index (κ1) is 20.4. The summed E-state index contributed by atoms with van der Waals surface area (Å²) < 4.78 is 5.56. The number of rotatable bonds is 6. The van der Waals surface area contributed by atoms with E-state index in [1.807, 2.05) is 42.5 Å². The number of hydrogen-bond acceptors (Lipinski definition) is 5. The van der Waals surface area contributed by atoms with Crippen molar-refractivity contribution in [1.29, 1.82) is 0 Å². The lowest BCUT2D eigenvalue weighted by molar-refractivity contribution is -0.0361. The number of hydrogen-bond donors (Lipinski definition) is 1. The summed E-state index contributed by atoms with van der Waals surface area (Å²) in [6.45, 7) is 4.18. The fourth-order valence-corrected chi connectivity index (χ4v) is 5.34. The summed E-state index contributed by atoms with van der Waals surface area (Å²) in [7, 11) is 0. The van der Waals surface area contributed by atoms with Crippen LogP contribution in [0.15, 0.2) is 58.6 Å². The Labute approximate surface area is 177 Å². The number of aromatic nitrogens is 1. The molecule has 0 spiro atoms. The van der Waals surface area contributed by atoms with Gasteiger partial charge in [-0.1, -0.05) is 49.2 Å². The zero-order valence-electron chi connectivity index (χ0n) is 16.8. The van der Waals surface area contributed by atoms with Crippen LogP contribution >= 0.6 is 11.8 Å². The number of amides is 1. The Hall–Kier alpha value is -1.89. The molecule has 6 heteroatoms. The average Bonchev–Trinajstić information content (AvgIpc) is 2.80. The highest BCUT2D eigenvalue weighted by molar-refractivity contribution is 7.99. The molecule has 0 radical (unpaired) electrons. The molecule has 154 valence electrons.